The second-order valence-electron chi connectivity index (χ2n) is 9.73. The quantitative estimate of drug-likeness (QED) is 0.287. The van der Waals surface area contributed by atoms with E-state index in [0.29, 0.717) is 45.0 Å². The highest BCUT2D eigenvalue weighted by Crippen LogP contribution is 2.46. The molecule has 1 saturated carbocycles. The Morgan fingerprint density at radius 3 is 2.66 bits per heavy atom. The third kappa shape index (κ3) is 4.59. The van der Waals surface area contributed by atoms with E-state index in [-0.39, 0.29) is 11.6 Å². The molecule has 1 atom stereocenters. The number of aromatic nitrogens is 3. The number of hydrogen-bond donors (Lipinski definition) is 1. The summed E-state index contributed by atoms with van der Waals surface area (Å²) in [5.74, 6) is 0.786. The third-order valence-electron chi connectivity index (χ3n) is 7.11. The molecule has 4 aromatic rings. The molecule has 0 amide bonds. The SMILES string of the molecule is COc1cc(C(=O)O)cc2sc(N3CCN(Cc4c(-c5c(Cl)cncc5Cl)noc4C4CC4)C[C@H]3C)nc12. The monoisotopic (exact) mass is 573 g/mol. The minimum atomic E-state index is -0.991. The molecule has 1 saturated heterocycles. The van der Waals surface area contributed by atoms with Crippen LogP contribution in [0.25, 0.3) is 21.5 Å². The highest BCUT2D eigenvalue weighted by molar-refractivity contribution is 7.22. The molecule has 3 aromatic heterocycles. The fourth-order valence-electron chi connectivity index (χ4n) is 5.05. The Morgan fingerprint density at radius 2 is 2.00 bits per heavy atom. The van der Waals surface area contributed by atoms with E-state index in [0.717, 1.165) is 53.6 Å². The van der Waals surface area contributed by atoms with Gasteiger partial charge in [-0.3, -0.25) is 9.88 Å². The number of methoxy groups -OCH3 is 1. The number of rotatable bonds is 7. The van der Waals surface area contributed by atoms with Gasteiger partial charge >= 0.3 is 5.97 Å². The van der Waals surface area contributed by atoms with E-state index >= 15 is 0 Å². The van der Waals surface area contributed by atoms with Crippen LogP contribution < -0.4 is 9.64 Å². The summed E-state index contributed by atoms with van der Waals surface area (Å²) >= 11 is 14.4. The number of piperazine rings is 1. The van der Waals surface area contributed by atoms with E-state index in [1.165, 1.54) is 24.5 Å². The molecule has 0 spiro atoms. The van der Waals surface area contributed by atoms with Crippen molar-refractivity contribution in [3.8, 4) is 17.0 Å². The van der Waals surface area contributed by atoms with Crippen LogP contribution in [0.4, 0.5) is 5.13 Å². The van der Waals surface area contributed by atoms with Crippen LogP contribution in [0.5, 0.6) is 5.75 Å². The van der Waals surface area contributed by atoms with E-state index in [4.69, 9.17) is 37.4 Å². The molecule has 1 aromatic carbocycles. The number of ether oxygens (including phenoxy) is 1. The van der Waals surface area contributed by atoms with Crippen LogP contribution in [0.15, 0.2) is 29.0 Å². The molecule has 6 rings (SSSR count). The molecule has 0 bridgehead atoms. The van der Waals surface area contributed by atoms with E-state index in [1.807, 2.05) is 0 Å². The lowest BCUT2D eigenvalue weighted by Crippen LogP contribution is -2.51. The maximum atomic E-state index is 11.5. The van der Waals surface area contributed by atoms with Gasteiger partial charge in [0.1, 0.15) is 22.7 Å². The number of fused-ring (bicyclic) bond motifs is 1. The predicted molar refractivity (Wildman–Crippen MR) is 147 cm³/mol. The average Bonchev–Trinajstić information content (AvgIpc) is 3.51. The number of carboxylic acid groups (broad SMARTS) is 1. The molecule has 1 aliphatic carbocycles. The molecule has 0 radical (unpaired) electrons. The normalized spacial score (nSPS) is 18.3. The van der Waals surface area contributed by atoms with Crippen LogP contribution in [-0.4, -0.2) is 63.9 Å². The number of anilines is 1. The van der Waals surface area contributed by atoms with E-state index in [9.17, 15) is 9.90 Å². The molecule has 1 N–H and O–H groups in total. The second kappa shape index (κ2) is 10.00. The highest BCUT2D eigenvalue weighted by atomic mass is 35.5. The standard InChI is InChI=1S/C26H25Cl2N5O4S/c1-13-11-32(5-6-33(13)26-30-23-19(36-2)7-15(25(34)35)8-20(23)38-26)12-16-22(31-37-24(16)14-3-4-14)21-17(27)9-29-10-18(21)28/h7-10,13-14H,3-6,11-12H2,1-2H3,(H,34,35)/t13-/m1/s1. The predicted octanol–water partition coefficient (Wildman–Crippen LogP) is 5.95. The molecule has 1 aliphatic heterocycles. The van der Waals surface area contributed by atoms with Gasteiger partial charge in [0.25, 0.3) is 0 Å². The number of carboxylic acids is 1. The molecule has 2 aliphatic rings. The summed E-state index contributed by atoms with van der Waals surface area (Å²) < 4.78 is 12.1. The molecule has 0 unspecified atom stereocenters. The Hall–Kier alpha value is -2.92. The summed E-state index contributed by atoms with van der Waals surface area (Å²) in [5.41, 5.74) is 3.25. The van der Waals surface area contributed by atoms with Gasteiger partial charge in [-0.25, -0.2) is 9.78 Å². The maximum Gasteiger partial charge on any atom is 0.335 e. The first-order valence-corrected chi connectivity index (χ1v) is 13.9. The number of nitrogens with zero attached hydrogens (tertiary/aromatic N) is 5. The lowest BCUT2D eigenvalue weighted by molar-refractivity contribution is 0.0696. The van der Waals surface area contributed by atoms with Crippen molar-refractivity contribution in [2.45, 2.75) is 38.3 Å². The summed E-state index contributed by atoms with van der Waals surface area (Å²) in [6, 6.07) is 3.35. The molecular formula is C26H25Cl2N5O4S. The van der Waals surface area contributed by atoms with Crippen molar-refractivity contribution in [1.82, 2.24) is 20.0 Å². The van der Waals surface area contributed by atoms with Gasteiger partial charge in [0, 0.05) is 61.7 Å². The number of thiazole rings is 1. The fourth-order valence-corrected chi connectivity index (χ4v) is 6.74. The highest BCUT2D eigenvalue weighted by Gasteiger charge is 2.35. The first-order chi connectivity index (χ1) is 18.3. The van der Waals surface area contributed by atoms with Crippen LogP contribution >= 0.6 is 34.5 Å². The zero-order valence-corrected chi connectivity index (χ0v) is 23.1. The van der Waals surface area contributed by atoms with Gasteiger partial charge in [-0.1, -0.05) is 39.7 Å². The minimum Gasteiger partial charge on any atom is -0.494 e. The molecule has 12 heteroatoms. The smallest absolute Gasteiger partial charge is 0.335 e. The van der Waals surface area contributed by atoms with Gasteiger partial charge in [-0.2, -0.15) is 0 Å². The van der Waals surface area contributed by atoms with Gasteiger partial charge in [-0.15, -0.1) is 0 Å². The van der Waals surface area contributed by atoms with Gasteiger partial charge in [0.05, 0.1) is 27.4 Å². The molecule has 9 nitrogen and oxygen atoms in total. The Kier molecular flexibility index (Phi) is 6.67. The topological polar surface area (TPSA) is 105 Å². The lowest BCUT2D eigenvalue weighted by atomic mass is 10.0. The average molecular weight is 574 g/mol. The van der Waals surface area contributed by atoms with Crippen molar-refractivity contribution in [1.29, 1.82) is 0 Å². The number of hydrogen-bond acceptors (Lipinski definition) is 9. The lowest BCUT2D eigenvalue weighted by Gasteiger charge is -2.39. The summed E-state index contributed by atoms with van der Waals surface area (Å²) in [4.78, 5) is 25.1. The Bertz CT molecular complexity index is 1520. The molecular weight excluding hydrogens is 549 g/mol. The van der Waals surface area contributed by atoms with Crippen LogP contribution in [-0.2, 0) is 6.54 Å². The first-order valence-electron chi connectivity index (χ1n) is 12.3. The van der Waals surface area contributed by atoms with Crippen LogP contribution in [0.2, 0.25) is 10.0 Å². The molecule has 198 valence electrons. The van der Waals surface area contributed by atoms with Gasteiger partial charge in [-0.05, 0) is 31.9 Å². The Labute approximate surface area is 232 Å². The fraction of sp³-hybridized carbons (Fsp3) is 0.385. The van der Waals surface area contributed by atoms with Crippen LogP contribution in [0.1, 0.15) is 47.4 Å². The van der Waals surface area contributed by atoms with Crippen molar-refractivity contribution in [2.75, 3.05) is 31.6 Å². The molecule has 2 fully saturated rings. The molecule has 38 heavy (non-hydrogen) atoms. The summed E-state index contributed by atoms with van der Waals surface area (Å²) in [7, 11) is 1.53. The van der Waals surface area contributed by atoms with Crippen molar-refractivity contribution in [2.24, 2.45) is 0 Å². The van der Waals surface area contributed by atoms with Crippen LogP contribution in [0, 0.1) is 0 Å². The number of benzene rings is 1. The Morgan fingerprint density at radius 1 is 1.24 bits per heavy atom. The summed E-state index contributed by atoms with van der Waals surface area (Å²) in [6.45, 7) is 5.23. The number of carbonyl (C=O) groups is 1. The first kappa shape index (κ1) is 25.4. The Balaban J connectivity index is 1.25. The zero-order chi connectivity index (χ0) is 26.6. The zero-order valence-electron chi connectivity index (χ0n) is 20.8. The minimum absolute atomic E-state index is 0.176. The van der Waals surface area contributed by atoms with Crippen molar-refractivity contribution < 1.29 is 19.2 Å². The number of pyridine rings is 1. The van der Waals surface area contributed by atoms with Gasteiger partial charge in [0.15, 0.2) is 5.13 Å². The van der Waals surface area contributed by atoms with E-state index in [1.54, 1.807) is 18.5 Å². The number of aromatic carboxylic acids is 1. The van der Waals surface area contributed by atoms with E-state index in [2.05, 4.69) is 26.9 Å². The van der Waals surface area contributed by atoms with Gasteiger partial charge < -0.3 is 19.3 Å². The van der Waals surface area contributed by atoms with Crippen molar-refractivity contribution in [3.63, 3.8) is 0 Å². The largest absolute Gasteiger partial charge is 0.494 e. The number of halogens is 2. The van der Waals surface area contributed by atoms with Crippen molar-refractivity contribution >= 4 is 55.9 Å². The van der Waals surface area contributed by atoms with Gasteiger partial charge in [0.2, 0.25) is 0 Å². The summed E-state index contributed by atoms with van der Waals surface area (Å²) in [5, 5.41) is 15.6. The molecule has 4 heterocycles. The van der Waals surface area contributed by atoms with Crippen molar-refractivity contribution in [3.05, 3.63) is 51.5 Å². The maximum absolute atomic E-state index is 11.5. The second-order valence-corrected chi connectivity index (χ2v) is 11.6. The summed E-state index contributed by atoms with van der Waals surface area (Å²) in [6.07, 6.45) is 5.33. The van der Waals surface area contributed by atoms with E-state index < -0.39 is 5.97 Å². The van der Waals surface area contributed by atoms with Crippen LogP contribution in [0.3, 0.4) is 0 Å². The third-order valence-corrected chi connectivity index (χ3v) is 8.72.